The minimum Gasteiger partial charge on any atom is -0.495 e. The summed E-state index contributed by atoms with van der Waals surface area (Å²) in [5.41, 5.74) is 6.14. The number of nitrogens with zero attached hydrogens (tertiary/aromatic N) is 1. The number of nitrogens with two attached hydrogens (primary N) is 1. The van der Waals surface area contributed by atoms with Crippen LogP contribution in [0, 0.1) is 22.5 Å². The summed E-state index contributed by atoms with van der Waals surface area (Å²) in [7, 11) is 2.92. The highest BCUT2D eigenvalue weighted by Crippen LogP contribution is 2.26. The Kier molecular flexibility index (Phi) is 6.43. The maximum atomic E-state index is 14.7. The molecule has 10 heteroatoms. The standard InChI is InChI=1S/C22H20F2N6O2/c1-28-18-7-16(23)19(20(24)15(18)8-25)22(31)30-12-3-4-17(26)14(6-12)21(27)11-5-13(32-2)10-29-9-11/h3-10,25,27-28H,26H2,1-2H3,(H,30,31). The Morgan fingerprint density at radius 1 is 1.22 bits per heavy atom. The third-order valence-corrected chi connectivity index (χ3v) is 4.71. The molecule has 0 fully saturated rings. The summed E-state index contributed by atoms with van der Waals surface area (Å²) in [5.74, 6) is -2.84. The summed E-state index contributed by atoms with van der Waals surface area (Å²) in [6.45, 7) is 0. The second-order valence-electron chi connectivity index (χ2n) is 6.65. The predicted molar refractivity (Wildman–Crippen MR) is 119 cm³/mol. The van der Waals surface area contributed by atoms with Crippen molar-refractivity contribution in [3.63, 3.8) is 0 Å². The Morgan fingerprint density at radius 3 is 2.62 bits per heavy atom. The van der Waals surface area contributed by atoms with Crippen molar-refractivity contribution in [3.05, 3.63) is 76.6 Å². The van der Waals surface area contributed by atoms with Gasteiger partial charge in [-0.1, -0.05) is 0 Å². The maximum Gasteiger partial charge on any atom is 0.261 e. The highest BCUT2D eigenvalue weighted by Gasteiger charge is 2.23. The number of rotatable bonds is 7. The Labute approximate surface area is 182 Å². The van der Waals surface area contributed by atoms with Crippen molar-refractivity contribution < 1.29 is 18.3 Å². The van der Waals surface area contributed by atoms with E-state index in [4.69, 9.17) is 21.3 Å². The van der Waals surface area contributed by atoms with Crippen molar-refractivity contribution in [2.75, 3.05) is 30.5 Å². The third-order valence-electron chi connectivity index (χ3n) is 4.71. The molecule has 0 aliphatic rings. The summed E-state index contributed by atoms with van der Waals surface area (Å²) >= 11 is 0. The molecule has 0 saturated heterocycles. The molecule has 0 saturated carbocycles. The van der Waals surface area contributed by atoms with Gasteiger partial charge in [-0.05, 0) is 30.3 Å². The van der Waals surface area contributed by atoms with Crippen molar-refractivity contribution in [1.29, 1.82) is 10.8 Å². The van der Waals surface area contributed by atoms with Crippen LogP contribution < -0.4 is 21.1 Å². The van der Waals surface area contributed by atoms with Gasteiger partial charge in [-0.15, -0.1) is 0 Å². The van der Waals surface area contributed by atoms with E-state index in [1.165, 1.54) is 44.8 Å². The molecule has 1 amide bonds. The van der Waals surface area contributed by atoms with Crippen molar-refractivity contribution in [2.24, 2.45) is 0 Å². The molecule has 1 aromatic heterocycles. The minimum absolute atomic E-state index is 0.0202. The van der Waals surface area contributed by atoms with Crippen molar-refractivity contribution in [2.45, 2.75) is 0 Å². The first-order valence-corrected chi connectivity index (χ1v) is 9.30. The van der Waals surface area contributed by atoms with Crippen LogP contribution in [-0.2, 0) is 0 Å². The molecule has 3 rings (SSSR count). The zero-order valence-electron chi connectivity index (χ0n) is 17.2. The van der Waals surface area contributed by atoms with Crippen LogP contribution in [0.1, 0.15) is 27.0 Å². The first-order chi connectivity index (χ1) is 15.3. The number of hydrogen-bond donors (Lipinski definition) is 5. The number of pyridine rings is 1. The summed E-state index contributed by atoms with van der Waals surface area (Å²) in [5, 5.41) is 20.8. The van der Waals surface area contributed by atoms with E-state index in [0.717, 1.165) is 6.07 Å². The van der Waals surface area contributed by atoms with Gasteiger partial charge in [0.05, 0.1) is 24.6 Å². The van der Waals surface area contributed by atoms with Crippen LogP contribution >= 0.6 is 0 Å². The number of methoxy groups -OCH3 is 1. The van der Waals surface area contributed by atoms with Crippen LogP contribution in [0.25, 0.3) is 0 Å². The van der Waals surface area contributed by atoms with E-state index in [0.29, 0.717) is 17.5 Å². The molecule has 6 N–H and O–H groups in total. The first kappa shape index (κ1) is 22.3. The lowest BCUT2D eigenvalue weighted by atomic mass is 10.0. The maximum absolute atomic E-state index is 14.7. The fraction of sp³-hybridized carbons (Fsp3) is 0.0909. The second kappa shape index (κ2) is 9.21. The van der Waals surface area contributed by atoms with Crippen LogP contribution in [-0.4, -0.2) is 37.0 Å². The average Bonchev–Trinajstić information content (AvgIpc) is 2.79. The summed E-state index contributed by atoms with van der Waals surface area (Å²) in [6.07, 6.45) is 3.65. The molecule has 32 heavy (non-hydrogen) atoms. The lowest BCUT2D eigenvalue weighted by Gasteiger charge is -2.14. The molecule has 0 atom stereocenters. The summed E-state index contributed by atoms with van der Waals surface area (Å²) < 4.78 is 34.3. The van der Waals surface area contributed by atoms with Gasteiger partial charge in [0.15, 0.2) is 0 Å². The number of nitrogens with one attached hydrogen (secondary N) is 4. The molecular formula is C22H20F2N6O2. The van der Waals surface area contributed by atoms with Crippen LogP contribution in [0.4, 0.5) is 25.8 Å². The largest absolute Gasteiger partial charge is 0.495 e. The number of carbonyl (C=O) groups is 1. The Morgan fingerprint density at radius 2 is 1.97 bits per heavy atom. The Bertz CT molecular complexity index is 1230. The molecule has 164 valence electrons. The van der Waals surface area contributed by atoms with Crippen molar-refractivity contribution >= 4 is 34.9 Å². The summed E-state index contributed by atoms with van der Waals surface area (Å²) in [6, 6.07) is 6.88. The number of aromatic nitrogens is 1. The van der Waals surface area contributed by atoms with E-state index >= 15 is 0 Å². The molecule has 8 nitrogen and oxygen atoms in total. The number of ether oxygens (including phenoxy) is 1. The first-order valence-electron chi connectivity index (χ1n) is 9.30. The van der Waals surface area contributed by atoms with Crippen molar-refractivity contribution in [3.8, 4) is 5.75 Å². The quantitative estimate of drug-likeness (QED) is 0.283. The normalized spacial score (nSPS) is 10.4. The number of amides is 1. The van der Waals surface area contributed by atoms with E-state index in [1.54, 1.807) is 6.07 Å². The number of nitrogen functional groups attached to an aromatic ring is 1. The van der Waals surface area contributed by atoms with Gasteiger partial charge in [-0.25, -0.2) is 8.78 Å². The Hall–Kier alpha value is -4.34. The molecule has 0 aliphatic heterocycles. The minimum atomic E-state index is -1.16. The second-order valence-corrected chi connectivity index (χ2v) is 6.65. The monoisotopic (exact) mass is 438 g/mol. The zero-order chi connectivity index (χ0) is 23.4. The van der Waals surface area contributed by atoms with Gasteiger partial charge in [0.2, 0.25) is 0 Å². The van der Waals surface area contributed by atoms with Gasteiger partial charge in [0.1, 0.15) is 22.9 Å². The van der Waals surface area contributed by atoms with Crippen molar-refractivity contribution in [1.82, 2.24) is 4.98 Å². The fourth-order valence-electron chi connectivity index (χ4n) is 3.06. The third kappa shape index (κ3) is 4.24. The fourth-order valence-corrected chi connectivity index (χ4v) is 3.06. The van der Waals surface area contributed by atoms with Gasteiger partial charge < -0.3 is 26.5 Å². The van der Waals surface area contributed by atoms with E-state index in [2.05, 4.69) is 15.6 Å². The molecule has 0 radical (unpaired) electrons. The highest BCUT2D eigenvalue weighted by atomic mass is 19.1. The smallest absolute Gasteiger partial charge is 0.261 e. The van der Waals surface area contributed by atoms with Crippen LogP contribution in [0.3, 0.4) is 0 Å². The van der Waals surface area contributed by atoms with Gasteiger partial charge in [-0.3, -0.25) is 15.2 Å². The van der Waals surface area contributed by atoms with Crippen LogP contribution in [0.5, 0.6) is 5.75 Å². The Balaban J connectivity index is 1.95. The van der Waals surface area contributed by atoms with E-state index in [9.17, 15) is 13.6 Å². The lowest BCUT2D eigenvalue weighted by Crippen LogP contribution is -2.18. The number of halogens is 2. The van der Waals surface area contributed by atoms with E-state index in [1.807, 2.05) is 0 Å². The number of hydrogen-bond acceptors (Lipinski definition) is 7. The predicted octanol–water partition coefficient (Wildman–Crippen LogP) is 3.66. The number of anilines is 3. The molecular weight excluding hydrogens is 418 g/mol. The average molecular weight is 438 g/mol. The van der Waals surface area contributed by atoms with E-state index < -0.39 is 23.1 Å². The number of carbonyl (C=O) groups excluding carboxylic acids is 1. The van der Waals surface area contributed by atoms with Gasteiger partial charge in [-0.2, -0.15) is 0 Å². The van der Waals surface area contributed by atoms with Gasteiger partial charge >= 0.3 is 0 Å². The zero-order valence-corrected chi connectivity index (χ0v) is 17.2. The van der Waals surface area contributed by atoms with E-state index in [-0.39, 0.29) is 33.9 Å². The van der Waals surface area contributed by atoms with Crippen LogP contribution in [0.15, 0.2) is 42.7 Å². The van der Waals surface area contributed by atoms with Gasteiger partial charge in [0.25, 0.3) is 5.91 Å². The SMILES string of the molecule is CNc1cc(F)c(C(=O)Nc2ccc(N)c(C(=N)c3cncc(OC)c3)c2)c(F)c1C=N. The van der Waals surface area contributed by atoms with Gasteiger partial charge in [0, 0.05) is 47.6 Å². The number of benzene rings is 2. The molecule has 0 bridgehead atoms. The molecule has 0 spiro atoms. The lowest BCUT2D eigenvalue weighted by molar-refractivity contribution is 0.101. The molecule has 2 aromatic carbocycles. The topological polar surface area (TPSA) is 137 Å². The molecule has 0 aliphatic carbocycles. The molecule has 3 aromatic rings. The highest BCUT2D eigenvalue weighted by molar-refractivity contribution is 6.15. The molecule has 1 heterocycles. The molecule has 0 unspecified atom stereocenters. The summed E-state index contributed by atoms with van der Waals surface area (Å²) in [4.78, 5) is 16.7. The van der Waals surface area contributed by atoms with Crippen LogP contribution in [0.2, 0.25) is 0 Å².